The summed E-state index contributed by atoms with van der Waals surface area (Å²) in [5.41, 5.74) is 0.893. The van der Waals surface area contributed by atoms with Crippen LogP contribution >= 0.6 is 46.6 Å². The van der Waals surface area contributed by atoms with E-state index in [1.807, 2.05) is 32.1 Å². The van der Waals surface area contributed by atoms with Crippen LogP contribution < -0.4 is 9.47 Å². The van der Waals surface area contributed by atoms with E-state index in [1.165, 1.54) is 11.8 Å². The normalized spacial score (nSPS) is 17.5. The van der Waals surface area contributed by atoms with E-state index in [-0.39, 0.29) is 12.0 Å². The Bertz CT molecular complexity index is 691. The molecule has 1 aromatic rings. The third-order valence-electron chi connectivity index (χ3n) is 3.63. The van der Waals surface area contributed by atoms with E-state index < -0.39 is 0 Å². The van der Waals surface area contributed by atoms with Gasteiger partial charge in [-0.15, -0.1) is 0 Å². The van der Waals surface area contributed by atoms with Gasteiger partial charge in [-0.25, -0.2) is 0 Å². The summed E-state index contributed by atoms with van der Waals surface area (Å²) in [6.07, 6.45) is 2.88. The fourth-order valence-electron chi connectivity index (χ4n) is 2.15. The number of rotatable bonds is 6. The Hall–Kier alpha value is -0.800. The fourth-order valence-corrected chi connectivity index (χ4v) is 4.28. The Labute approximate surface area is 166 Å². The van der Waals surface area contributed by atoms with Gasteiger partial charge in [0.1, 0.15) is 4.32 Å². The number of carbonyl (C=O) groups is 1. The van der Waals surface area contributed by atoms with Gasteiger partial charge in [0.15, 0.2) is 11.5 Å². The molecule has 1 aliphatic heterocycles. The molecule has 1 unspecified atom stereocenters. The maximum absolute atomic E-state index is 12.3. The lowest BCUT2D eigenvalue weighted by Gasteiger charge is -2.17. The molecule has 7 heteroatoms. The van der Waals surface area contributed by atoms with E-state index in [0.29, 0.717) is 21.5 Å². The van der Waals surface area contributed by atoms with Crippen LogP contribution in [-0.2, 0) is 4.79 Å². The molecular weight excluding hydrogens is 457 g/mol. The van der Waals surface area contributed by atoms with E-state index >= 15 is 0 Å². The molecule has 0 radical (unpaired) electrons. The Morgan fingerprint density at radius 3 is 2.67 bits per heavy atom. The highest BCUT2D eigenvalue weighted by Gasteiger charge is 2.30. The van der Waals surface area contributed by atoms with Gasteiger partial charge in [-0.2, -0.15) is 0 Å². The first-order chi connectivity index (χ1) is 11.4. The van der Waals surface area contributed by atoms with Crippen molar-refractivity contribution in [3.8, 4) is 11.5 Å². The SMILES string of the molecule is CCC(C)Oc1c(I)cc(C=C2SC(=S)N(CC)C2=O)cc1OC. The number of carbonyl (C=O) groups excluding carboxylic acids is 1. The molecule has 24 heavy (non-hydrogen) atoms. The van der Waals surface area contributed by atoms with Gasteiger partial charge in [0.25, 0.3) is 5.91 Å². The van der Waals surface area contributed by atoms with Crippen molar-refractivity contribution in [2.24, 2.45) is 0 Å². The zero-order valence-corrected chi connectivity index (χ0v) is 17.9. The second kappa shape index (κ2) is 8.53. The summed E-state index contributed by atoms with van der Waals surface area (Å²) >= 11 is 8.81. The average Bonchev–Trinajstić information content (AvgIpc) is 2.82. The molecule has 2 rings (SSSR count). The molecule has 1 amide bonds. The number of benzene rings is 1. The number of hydrogen-bond acceptors (Lipinski definition) is 5. The summed E-state index contributed by atoms with van der Waals surface area (Å²) in [6, 6.07) is 3.87. The first kappa shape index (κ1) is 19.5. The maximum atomic E-state index is 12.3. The molecule has 1 fully saturated rings. The Kier molecular flexibility index (Phi) is 6.94. The molecule has 0 saturated carbocycles. The van der Waals surface area contributed by atoms with Crippen molar-refractivity contribution >= 4 is 62.9 Å². The van der Waals surface area contributed by atoms with Crippen molar-refractivity contribution in [3.05, 3.63) is 26.2 Å². The zero-order valence-electron chi connectivity index (χ0n) is 14.1. The van der Waals surface area contributed by atoms with Crippen LogP contribution in [0.3, 0.4) is 0 Å². The molecule has 1 aliphatic rings. The van der Waals surface area contributed by atoms with Gasteiger partial charge < -0.3 is 9.47 Å². The van der Waals surface area contributed by atoms with Crippen LogP contribution in [0.5, 0.6) is 11.5 Å². The molecule has 1 aromatic carbocycles. The predicted molar refractivity (Wildman–Crippen MR) is 112 cm³/mol. The van der Waals surface area contributed by atoms with Crippen molar-refractivity contribution in [1.29, 1.82) is 0 Å². The summed E-state index contributed by atoms with van der Waals surface area (Å²) in [7, 11) is 1.62. The quantitative estimate of drug-likeness (QED) is 0.338. The Balaban J connectivity index is 2.36. The van der Waals surface area contributed by atoms with Gasteiger partial charge in [0.2, 0.25) is 0 Å². The second-order valence-corrected chi connectivity index (χ2v) is 8.13. The summed E-state index contributed by atoms with van der Waals surface area (Å²) in [4.78, 5) is 14.6. The molecule has 0 bridgehead atoms. The molecule has 1 saturated heterocycles. The zero-order chi connectivity index (χ0) is 17.9. The van der Waals surface area contributed by atoms with Gasteiger partial charge in [-0.3, -0.25) is 9.69 Å². The highest BCUT2D eigenvalue weighted by molar-refractivity contribution is 14.1. The standard InChI is InChI=1S/C17H20INO3S2/c1-5-10(3)22-15-12(18)7-11(8-13(15)21-4)9-14-16(20)19(6-2)17(23)24-14/h7-10H,5-6H2,1-4H3. The molecule has 0 N–H and O–H groups in total. The molecular formula is C17H20INO3S2. The van der Waals surface area contributed by atoms with Crippen molar-refractivity contribution in [1.82, 2.24) is 4.90 Å². The monoisotopic (exact) mass is 477 g/mol. The van der Waals surface area contributed by atoms with Crippen LogP contribution in [0, 0.1) is 3.57 Å². The Morgan fingerprint density at radius 2 is 2.12 bits per heavy atom. The number of halogens is 1. The summed E-state index contributed by atoms with van der Waals surface area (Å²) in [5, 5.41) is 0. The fraction of sp³-hybridized carbons (Fsp3) is 0.412. The van der Waals surface area contributed by atoms with Crippen LogP contribution in [0.1, 0.15) is 32.8 Å². The Morgan fingerprint density at radius 1 is 1.42 bits per heavy atom. The third-order valence-corrected chi connectivity index (χ3v) is 5.81. The predicted octanol–water partition coefficient (Wildman–Crippen LogP) is 4.70. The number of ether oxygens (including phenoxy) is 2. The van der Waals surface area contributed by atoms with E-state index in [1.54, 1.807) is 12.0 Å². The van der Waals surface area contributed by atoms with Crippen molar-refractivity contribution < 1.29 is 14.3 Å². The lowest BCUT2D eigenvalue weighted by atomic mass is 10.1. The van der Waals surface area contributed by atoms with Crippen LogP contribution in [0.4, 0.5) is 0 Å². The lowest BCUT2D eigenvalue weighted by Crippen LogP contribution is -2.27. The molecule has 130 valence electrons. The molecule has 4 nitrogen and oxygen atoms in total. The first-order valence-electron chi connectivity index (χ1n) is 7.70. The van der Waals surface area contributed by atoms with Crippen LogP contribution in [0.25, 0.3) is 6.08 Å². The first-order valence-corrected chi connectivity index (χ1v) is 10.0. The molecule has 0 aliphatic carbocycles. The lowest BCUT2D eigenvalue weighted by molar-refractivity contribution is -0.121. The average molecular weight is 477 g/mol. The largest absolute Gasteiger partial charge is 0.493 e. The highest BCUT2D eigenvalue weighted by Crippen LogP contribution is 2.37. The number of nitrogens with zero attached hydrogens (tertiary/aromatic N) is 1. The number of amides is 1. The van der Waals surface area contributed by atoms with E-state index in [9.17, 15) is 4.79 Å². The van der Waals surface area contributed by atoms with Gasteiger partial charge in [0.05, 0.1) is 21.7 Å². The summed E-state index contributed by atoms with van der Waals surface area (Å²) in [6.45, 7) is 6.61. The van der Waals surface area contributed by atoms with Crippen molar-refractivity contribution in [2.45, 2.75) is 33.3 Å². The minimum absolute atomic E-state index is 0.0404. The van der Waals surface area contributed by atoms with E-state index in [4.69, 9.17) is 21.7 Å². The van der Waals surface area contributed by atoms with Gasteiger partial charge in [0, 0.05) is 6.54 Å². The molecule has 1 atom stereocenters. The highest BCUT2D eigenvalue weighted by atomic mass is 127. The summed E-state index contributed by atoms with van der Waals surface area (Å²) in [5.74, 6) is 1.37. The molecule has 1 heterocycles. The van der Waals surface area contributed by atoms with Crippen molar-refractivity contribution in [3.63, 3.8) is 0 Å². The number of thiocarbonyl (C=S) groups is 1. The van der Waals surface area contributed by atoms with E-state index in [0.717, 1.165) is 21.3 Å². The number of thioether (sulfide) groups is 1. The second-order valence-electron chi connectivity index (χ2n) is 5.30. The summed E-state index contributed by atoms with van der Waals surface area (Å²) < 4.78 is 13.0. The number of hydrogen-bond donors (Lipinski definition) is 0. The molecule has 0 aromatic heterocycles. The number of likely N-dealkylation sites (N-methyl/N-ethyl adjacent to an activating group) is 1. The minimum atomic E-state index is -0.0404. The number of methoxy groups -OCH3 is 1. The topological polar surface area (TPSA) is 38.8 Å². The van der Waals surface area contributed by atoms with E-state index in [2.05, 4.69) is 29.5 Å². The van der Waals surface area contributed by atoms with Crippen LogP contribution in [0.2, 0.25) is 0 Å². The van der Waals surface area contributed by atoms with Crippen LogP contribution in [-0.4, -0.2) is 34.9 Å². The van der Waals surface area contributed by atoms with Crippen LogP contribution in [0.15, 0.2) is 17.0 Å². The van der Waals surface area contributed by atoms with Crippen molar-refractivity contribution in [2.75, 3.05) is 13.7 Å². The third kappa shape index (κ3) is 4.23. The van der Waals surface area contributed by atoms with Gasteiger partial charge in [-0.1, -0.05) is 30.9 Å². The minimum Gasteiger partial charge on any atom is -0.493 e. The van der Waals surface area contributed by atoms with Gasteiger partial charge >= 0.3 is 0 Å². The van der Waals surface area contributed by atoms with Gasteiger partial charge in [-0.05, 0) is 66.6 Å². The smallest absolute Gasteiger partial charge is 0.266 e. The maximum Gasteiger partial charge on any atom is 0.266 e. The molecule has 0 spiro atoms.